The molecule has 0 spiro atoms. The number of aliphatic hydroxyl groups excluding tert-OH is 1. The van der Waals surface area contributed by atoms with E-state index in [0.717, 1.165) is 11.3 Å². The number of carbonyl (C=O) groups is 1. The van der Waals surface area contributed by atoms with Gasteiger partial charge in [-0.15, -0.1) is 0 Å². The number of aryl methyl sites for hydroxylation is 1. The predicted octanol–water partition coefficient (Wildman–Crippen LogP) is 2.16. The molecule has 0 aliphatic carbocycles. The maximum Gasteiger partial charge on any atom is 0.276 e. The van der Waals surface area contributed by atoms with Crippen LogP contribution in [0.4, 0.5) is 5.69 Å². The smallest absolute Gasteiger partial charge is 0.276 e. The molecule has 0 saturated heterocycles. The molecule has 4 nitrogen and oxygen atoms in total. The Morgan fingerprint density at radius 2 is 1.89 bits per heavy atom. The maximum absolute atomic E-state index is 12.3. The van der Waals surface area contributed by atoms with Crippen molar-refractivity contribution in [1.29, 1.82) is 0 Å². The van der Waals surface area contributed by atoms with Gasteiger partial charge in [0.25, 0.3) is 5.91 Å². The van der Waals surface area contributed by atoms with Gasteiger partial charge in [-0.05, 0) is 31.2 Å². The van der Waals surface area contributed by atoms with E-state index in [2.05, 4.69) is 4.98 Å². The molecule has 1 aromatic heterocycles. The standard InChI is InChI=1S/C15H16N2O2/c1-11-6-8-13(9-7-11)17(2)15(19)14-5-3-4-12(10-18)16-14/h3-9,18H,10H2,1-2H3. The van der Waals surface area contributed by atoms with Gasteiger partial charge < -0.3 is 10.0 Å². The molecule has 1 amide bonds. The Hall–Kier alpha value is -2.20. The van der Waals surface area contributed by atoms with Crippen LogP contribution < -0.4 is 4.90 Å². The van der Waals surface area contributed by atoms with Gasteiger partial charge in [-0.25, -0.2) is 4.98 Å². The van der Waals surface area contributed by atoms with Gasteiger partial charge in [-0.3, -0.25) is 4.79 Å². The first-order chi connectivity index (χ1) is 9.11. The molecule has 1 aromatic carbocycles. The Kier molecular flexibility index (Phi) is 3.92. The van der Waals surface area contributed by atoms with E-state index in [4.69, 9.17) is 5.11 Å². The number of benzene rings is 1. The molecule has 98 valence electrons. The van der Waals surface area contributed by atoms with Crippen LogP contribution in [-0.4, -0.2) is 23.0 Å². The van der Waals surface area contributed by atoms with Crippen molar-refractivity contribution in [3.05, 3.63) is 59.4 Å². The minimum atomic E-state index is -0.195. The molecule has 2 rings (SSSR count). The summed E-state index contributed by atoms with van der Waals surface area (Å²) in [6.45, 7) is 1.83. The van der Waals surface area contributed by atoms with Crippen LogP contribution in [0.5, 0.6) is 0 Å². The van der Waals surface area contributed by atoms with Gasteiger partial charge in [0.15, 0.2) is 0 Å². The summed E-state index contributed by atoms with van der Waals surface area (Å²) in [7, 11) is 1.71. The lowest BCUT2D eigenvalue weighted by Crippen LogP contribution is -2.27. The second kappa shape index (κ2) is 5.63. The minimum absolute atomic E-state index is 0.171. The first-order valence-corrected chi connectivity index (χ1v) is 6.03. The maximum atomic E-state index is 12.3. The summed E-state index contributed by atoms with van der Waals surface area (Å²) < 4.78 is 0. The van der Waals surface area contributed by atoms with Gasteiger partial charge in [0.1, 0.15) is 5.69 Å². The van der Waals surface area contributed by atoms with Gasteiger partial charge >= 0.3 is 0 Å². The lowest BCUT2D eigenvalue weighted by molar-refractivity contribution is 0.0987. The first-order valence-electron chi connectivity index (χ1n) is 6.03. The quantitative estimate of drug-likeness (QED) is 0.915. The Labute approximate surface area is 112 Å². The molecule has 0 aliphatic rings. The van der Waals surface area contributed by atoms with E-state index in [1.54, 1.807) is 30.1 Å². The number of carbonyl (C=O) groups excluding carboxylic acids is 1. The average Bonchev–Trinajstić information content (AvgIpc) is 2.46. The third-order valence-electron chi connectivity index (χ3n) is 2.91. The van der Waals surface area contributed by atoms with Gasteiger partial charge in [0.05, 0.1) is 12.3 Å². The number of rotatable bonds is 3. The summed E-state index contributed by atoms with van der Waals surface area (Å²) in [4.78, 5) is 17.9. The number of nitrogens with zero attached hydrogens (tertiary/aromatic N) is 2. The molecular formula is C15H16N2O2. The molecule has 1 N–H and O–H groups in total. The van der Waals surface area contributed by atoms with Crippen LogP contribution in [0.1, 0.15) is 21.7 Å². The van der Waals surface area contributed by atoms with Crippen molar-refractivity contribution < 1.29 is 9.90 Å². The zero-order chi connectivity index (χ0) is 13.8. The summed E-state index contributed by atoms with van der Waals surface area (Å²) in [5.74, 6) is -0.195. The van der Waals surface area contributed by atoms with E-state index in [0.29, 0.717) is 11.4 Å². The highest BCUT2D eigenvalue weighted by Crippen LogP contribution is 2.15. The van der Waals surface area contributed by atoms with Gasteiger partial charge in [0.2, 0.25) is 0 Å². The van der Waals surface area contributed by atoms with Crippen molar-refractivity contribution in [3.8, 4) is 0 Å². The van der Waals surface area contributed by atoms with E-state index in [-0.39, 0.29) is 12.5 Å². The van der Waals surface area contributed by atoms with Crippen LogP contribution in [0.3, 0.4) is 0 Å². The fourth-order valence-corrected chi connectivity index (χ4v) is 1.74. The lowest BCUT2D eigenvalue weighted by Gasteiger charge is -2.17. The van der Waals surface area contributed by atoms with Gasteiger partial charge in [0, 0.05) is 12.7 Å². The fraction of sp³-hybridized carbons (Fsp3) is 0.200. The molecular weight excluding hydrogens is 240 g/mol. The highest BCUT2D eigenvalue weighted by atomic mass is 16.3. The van der Waals surface area contributed by atoms with E-state index < -0.39 is 0 Å². The van der Waals surface area contributed by atoms with Crippen LogP contribution in [-0.2, 0) is 6.61 Å². The van der Waals surface area contributed by atoms with Crippen LogP contribution >= 0.6 is 0 Å². The zero-order valence-corrected chi connectivity index (χ0v) is 11.0. The van der Waals surface area contributed by atoms with Gasteiger partial charge in [-0.1, -0.05) is 23.8 Å². The second-order valence-electron chi connectivity index (χ2n) is 4.37. The number of amides is 1. The van der Waals surface area contributed by atoms with E-state index >= 15 is 0 Å². The topological polar surface area (TPSA) is 53.4 Å². The molecule has 0 radical (unpaired) electrons. The number of aliphatic hydroxyl groups is 1. The molecule has 4 heteroatoms. The molecule has 0 saturated carbocycles. The number of anilines is 1. The third kappa shape index (κ3) is 2.98. The van der Waals surface area contributed by atoms with E-state index in [1.807, 2.05) is 31.2 Å². The Morgan fingerprint density at radius 3 is 2.53 bits per heavy atom. The van der Waals surface area contributed by atoms with Crippen LogP contribution in [0.15, 0.2) is 42.5 Å². The Balaban J connectivity index is 2.25. The van der Waals surface area contributed by atoms with Gasteiger partial charge in [-0.2, -0.15) is 0 Å². The first kappa shape index (κ1) is 13.2. The monoisotopic (exact) mass is 256 g/mol. The Morgan fingerprint density at radius 1 is 1.21 bits per heavy atom. The normalized spacial score (nSPS) is 10.3. The highest BCUT2D eigenvalue weighted by Gasteiger charge is 2.14. The molecule has 19 heavy (non-hydrogen) atoms. The van der Waals surface area contributed by atoms with Crippen molar-refractivity contribution in [1.82, 2.24) is 4.98 Å². The molecule has 0 atom stereocenters. The summed E-state index contributed by atoms with van der Waals surface area (Å²) in [6, 6.07) is 12.7. The summed E-state index contributed by atoms with van der Waals surface area (Å²) in [5.41, 5.74) is 2.77. The number of hydrogen-bond acceptors (Lipinski definition) is 3. The average molecular weight is 256 g/mol. The van der Waals surface area contributed by atoms with Crippen molar-refractivity contribution >= 4 is 11.6 Å². The van der Waals surface area contributed by atoms with Crippen molar-refractivity contribution in [3.63, 3.8) is 0 Å². The minimum Gasteiger partial charge on any atom is -0.390 e. The molecule has 0 bridgehead atoms. The number of pyridine rings is 1. The molecule has 0 unspecified atom stereocenters. The summed E-state index contributed by atoms with van der Waals surface area (Å²) in [5, 5.41) is 9.04. The van der Waals surface area contributed by atoms with Crippen molar-refractivity contribution in [2.45, 2.75) is 13.5 Å². The fourth-order valence-electron chi connectivity index (χ4n) is 1.74. The highest BCUT2D eigenvalue weighted by molar-refractivity contribution is 6.04. The molecule has 1 heterocycles. The molecule has 2 aromatic rings. The van der Waals surface area contributed by atoms with E-state index in [1.165, 1.54) is 0 Å². The predicted molar refractivity (Wildman–Crippen MR) is 74.1 cm³/mol. The van der Waals surface area contributed by atoms with Crippen LogP contribution in [0.2, 0.25) is 0 Å². The molecule has 0 aliphatic heterocycles. The number of hydrogen-bond donors (Lipinski definition) is 1. The van der Waals surface area contributed by atoms with Crippen molar-refractivity contribution in [2.75, 3.05) is 11.9 Å². The van der Waals surface area contributed by atoms with Crippen molar-refractivity contribution in [2.24, 2.45) is 0 Å². The van der Waals surface area contributed by atoms with E-state index in [9.17, 15) is 4.79 Å². The largest absolute Gasteiger partial charge is 0.390 e. The number of aromatic nitrogens is 1. The summed E-state index contributed by atoms with van der Waals surface area (Å²) in [6.07, 6.45) is 0. The van der Waals surface area contributed by atoms with Crippen LogP contribution in [0.25, 0.3) is 0 Å². The lowest BCUT2D eigenvalue weighted by atomic mass is 10.2. The van der Waals surface area contributed by atoms with Crippen LogP contribution in [0, 0.1) is 6.92 Å². The second-order valence-corrected chi connectivity index (χ2v) is 4.37. The third-order valence-corrected chi connectivity index (χ3v) is 2.91. The Bertz CT molecular complexity index is 579. The SMILES string of the molecule is Cc1ccc(N(C)C(=O)c2cccc(CO)n2)cc1. The zero-order valence-electron chi connectivity index (χ0n) is 11.0. The molecule has 0 fully saturated rings. The summed E-state index contributed by atoms with van der Waals surface area (Å²) >= 11 is 0.